The highest BCUT2D eigenvalue weighted by atomic mass is 16.2. The fourth-order valence-corrected chi connectivity index (χ4v) is 3.66. The molecule has 2 aliphatic rings. The number of hydrogen-bond donors (Lipinski definition) is 1. The van der Waals surface area contributed by atoms with Crippen molar-refractivity contribution in [2.75, 3.05) is 13.1 Å². The molecule has 28 heavy (non-hydrogen) atoms. The number of likely N-dealkylation sites (tertiary alicyclic amines) is 1. The van der Waals surface area contributed by atoms with Gasteiger partial charge in [-0.2, -0.15) is 10.4 Å². The number of carbonyl (C=O) groups excluding carboxylic acids is 2. The normalized spacial score (nSPS) is 18.4. The maximum atomic E-state index is 12.6. The van der Waals surface area contributed by atoms with Crippen LogP contribution in [0.2, 0.25) is 0 Å². The molecule has 0 aromatic carbocycles. The van der Waals surface area contributed by atoms with Gasteiger partial charge < -0.3 is 10.2 Å². The van der Waals surface area contributed by atoms with E-state index in [1.807, 2.05) is 11.0 Å². The molecule has 1 saturated heterocycles. The Hall–Kier alpha value is -3.21. The first-order valence-corrected chi connectivity index (χ1v) is 9.51. The molecule has 4 rings (SSSR count). The van der Waals surface area contributed by atoms with E-state index in [-0.39, 0.29) is 11.8 Å². The van der Waals surface area contributed by atoms with Crippen LogP contribution in [0, 0.1) is 16.7 Å². The quantitative estimate of drug-likeness (QED) is 0.871. The van der Waals surface area contributed by atoms with E-state index >= 15 is 0 Å². The van der Waals surface area contributed by atoms with Gasteiger partial charge in [-0.3, -0.25) is 9.59 Å². The number of carbonyl (C=O) groups is 2. The highest BCUT2D eigenvalue weighted by molar-refractivity contribution is 5.97. The van der Waals surface area contributed by atoms with Crippen molar-refractivity contribution in [2.24, 2.45) is 5.41 Å². The van der Waals surface area contributed by atoms with Crippen molar-refractivity contribution < 1.29 is 9.59 Å². The molecule has 1 unspecified atom stereocenters. The van der Waals surface area contributed by atoms with Gasteiger partial charge in [0, 0.05) is 19.3 Å². The fourth-order valence-electron chi connectivity index (χ4n) is 3.66. The zero-order valence-electron chi connectivity index (χ0n) is 15.8. The van der Waals surface area contributed by atoms with Crippen molar-refractivity contribution >= 4 is 11.8 Å². The van der Waals surface area contributed by atoms with Crippen LogP contribution in [-0.4, -0.2) is 50.6 Å². The van der Waals surface area contributed by atoms with E-state index in [0.717, 1.165) is 25.9 Å². The summed E-state index contributed by atoms with van der Waals surface area (Å²) in [4.78, 5) is 31.2. The first kappa shape index (κ1) is 18.2. The molecule has 2 aromatic rings. The molecular formula is C20H22N6O2. The molecule has 1 N–H and O–H groups in total. The van der Waals surface area contributed by atoms with Crippen LogP contribution >= 0.6 is 0 Å². The zero-order valence-corrected chi connectivity index (χ0v) is 15.8. The lowest BCUT2D eigenvalue weighted by atomic mass is 9.93. The average Bonchev–Trinajstić information content (AvgIpc) is 3.29. The van der Waals surface area contributed by atoms with Gasteiger partial charge in [-0.15, -0.1) is 0 Å². The highest BCUT2D eigenvalue weighted by Crippen LogP contribution is 2.53. The second-order valence-electron chi connectivity index (χ2n) is 7.71. The van der Waals surface area contributed by atoms with Crippen molar-refractivity contribution in [3.05, 3.63) is 41.9 Å². The lowest BCUT2D eigenvalue weighted by Crippen LogP contribution is -2.49. The number of nitrogens with zero attached hydrogens (tertiary/aromatic N) is 5. The molecule has 2 aromatic heterocycles. The van der Waals surface area contributed by atoms with Crippen LogP contribution in [-0.2, 0) is 4.79 Å². The monoisotopic (exact) mass is 378 g/mol. The van der Waals surface area contributed by atoms with Crippen LogP contribution in [0.1, 0.15) is 48.5 Å². The van der Waals surface area contributed by atoms with E-state index in [1.165, 1.54) is 29.9 Å². The molecule has 1 aliphatic heterocycles. The van der Waals surface area contributed by atoms with Crippen molar-refractivity contribution in [3.63, 3.8) is 0 Å². The number of hydrogen-bond acceptors (Lipinski definition) is 5. The molecule has 1 spiro atoms. The van der Waals surface area contributed by atoms with E-state index in [4.69, 9.17) is 5.26 Å². The van der Waals surface area contributed by atoms with Gasteiger partial charge in [0.1, 0.15) is 12.1 Å². The Balaban J connectivity index is 1.35. The van der Waals surface area contributed by atoms with Gasteiger partial charge in [-0.25, -0.2) is 9.67 Å². The first-order valence-electron chi connectivity index (χ1n) is 9.51. The summed E-state index contributed by atoms with van der Waals surface area (Å²) in [7, 11) is 0. The number of pyridine rings is 1. The van der Waals surface area contributed by atoms with Crippen molar-refractivity contribution in [2.45, 2.75) is 38.6 Å². The van der Waals surface area contributed by atoms with Gasteiger partial charge in [-0.1, -0.05) is 0 Å². The van der Waals surface area contributed by atoms with E-state index in [2.05, 4.69) is 15.4 Å². The zero-order chi connectivity index (χ0) is 19.7. The molecule has 1 saturated carbocycles. The van der Waals surface area contributed by atoms with Crippen LogP contribution in [0.25, 0.3) is 5.82 Å². The molecule has 8 heteroatoms. The summed E-state index contributed by atoms with van der Waals surface area (Å²) < 4.78 is 1.47. The third-order valence-electron chi connectivity index (χ3n) is 5.77. The fraction of sp³-hybridized carbons (Fsp3) is 0.450. The molecule has 3 heterocycles. The number of nitrogens with one attached hydrogen (secondary N) is 1. The SMILES string of the molecule is CC(NC(=O)c1ccc(-n2cc(C#N)cn2)nc1)C(=O)N1CCC2(CC1)CC2. The average molecular weight is 378 g/mol. The van der Waals surface area contributed by atoms with Gasteiger partial charge in [0.15, 0.2) is 5.82 Å². The lowest BCUT2D eigenvalue weighted by Gasteiger charge is -2.33. The molecule has 2 amide bonds. The minimum absolute atomic E-state index is 0.0333. The van der Waals surface area contributed by atoms with E-state index in [1.54, 1.807) is 25.3 Å². The third-order valence-corrected chi connectivity index (χ3v) is 5.77. The Morgan fingerprint density at radius 3 is 2.54 bits per heavy atom. The Morgan fingerprint density at radius 1 is 1.21 bits per heavy atom. The lowest BCUT2D eigenvalue weighted by molar-refractivity contribution is -0.134. The predicted octanol–water partition coefficient (Wildman–Crippen LogP) is 1.66. The van der Waals surface area contributed by atoms with Gasteiger partial charge in [0.05, 0.1) is 23.5 Å². The summed E-state index contributed by atoms with van der Waals surface area (Å²) in [6.07, 6.45) is 9.18. The smallest absolute Gasteiger partial charge is 0.253 e. The maximum Gasteiger partial charge on any atom is 0.253 e. The first-order chi connectivity index (χ1) is 13.5. The second-order valence-corrected chi connectivity index (χ2v) is 7.71. The number of rotatable bonds is 4. The predicted molar refractivity (Wildman–Crippen MR) is 100 cm³/mol. The van der Waals surface area contributed by atoms with Gasteiger partial charge >= 0.3 is 0 Å². The summed E-state index contributed by atoms with van der Waals surface area (Å²) >= 11 is 0. The van der Waals surface area contributed by atoms with Crippen molar-refractivity contribution in [3.8, 4) is 11.9 Å². The minimum atomic E-state index is -0.579. The van der Waals surface area contributed by atoms with E-state index in [9.17, 15) is 9.59 Å². The third kappa shape index (κ3) is 3.60. The van der Waals surface area contributed by atoms with Crippen molar-refractivity contribution in [1.82, 2.24) is 25.0 Å². The number of piperidine rings is 1. The second kappa shape index (κ2) is 7.08. The maximum absolute atomic E-state index is 12.6. The van der Waals surface area contributed by atoms with Crippen LogP contribution < -0.4 is 5.32 Å². The molecule has 144 valence electrons. The summed E-state index contributed by atoms with van der Waals surface area (Å²) in [5.74, 6) is 0.132. The molecule has 1 atom stereocenters. The number of nitriles is 1. The van der Waals surface area contributed by atoms with Gasteiger partial charge in [-0.05, 0) is 50.2 Å². The number of amides is 2. The standard InChI is InChI=1S/C20H22N6O2/c1-14(19(28)25-8-6-20(4-5-20)7-9-25)24-18(27)16-2-3-17(22-12-16)26-13-15(10-21)11-23-26/h2-3,11-14H,4-9H2,1H3,(H,24,27). The van der Waals surface area contributed by atoms with Gasteiger partial charge in [0.2, 0.25) is 5.91 Å². The molecule has 8 nitrogen and oxygen atoms in total. The summed E-state index contributed by atoms with van der Waals surface area (Å²) in [5, 5.41) is 15.7. The van der Waals surface area contributed by atoms with Crippen molar-refractivity contribution in [1.29, 1.82) is 5.26 Å². The molecule has 0 bridgehead atoms. The molecular weight excluding hydrogens is 356 g/mol. The Morgan fingerprint density at radius 2 is 1.96 bits per heavy atom. The summed E-state index contributed by atoms with van der Waals surface area (Å²) in [6.45, 7) is 3.28. The Labute approximate surface area is 163 Å². The Kier molecular flexibility index (Phi) is 4.59. The van der Waals surface area contributed by atoms with Crippen LogP contribution in [0.3, 0.4) is 0 Å². The highest BCUT2D eigenvalue weighted by Gasteiger charge is 2.45. The topological polar surface area (TPSA) is 104 Å². The van der Waals surface area contributed by atoms with Crippen LogP contribution in [0.5, 0.6) is 0 Å². The number of aromatic nitrogens is 3. The van der Waals surface area contributed by atoms with Crippen LogP contribution in [0.4, 0.5) is 0 Å². The van der Waals surface area contributed by atoms with Gasteiger partial charge in [0.25, 0.3) is 5.91 Å². The largest absolute Gasteiger partial charge is 0.341 e. The summed E-state index contributed by atoms with van der Waals surface area (Å²) in [5.41, 5.74) is 1.31. The molecule has 0 radical (unpaired) electrons. The van der Waals surface area contributed by atoms with E-state index in [0.29, 0.717) is 22.4 Å². The van der Waals surface area contributed by atoms with Crippen LogP contribution in [0.15, 0.2) is 30.7 Å². The minimum Gasteiger partial charge on any atom is -0.341 e. The van der Waals surface area contributed by atoms with E-state index < -0.39 is 6.04 Å². The summed E-state index contributed by atoms with van der Waals surface area (Å²) in [6, 6.07) is 4.70. The molecule has 1 aliphatic carbocycles. The molecule has 2 fully saturated rings. The Bertz CT molecular complexity index is 928.